The molecule has 128 valence electrons. The van der Waals surface area contributed by atoms with Crippen LogP contribution in [0.15, 0.2) is 30.3 Å². The third-order valence-corrected chi connectivity index (χ3v) is 8.18. The molecular weight excluding hydrogens is 444 g/mol. The number of ether oxygens (including phenoxy) is 1. The molecule has 5 nitrogen and oxygen atoms in total. The number of aliphatic carboxylic acids is 1. The van der Waals surface area contributed by atoms with Gasteiger partial charge in [-0.25, -0.2) is 0 Å². The lowest BCUT2D eigenvalue weighted by Crippen LogP contribution is -2.44. The lowest BCUT2D eigenvalue weighted by atomic mass is 9.79. The second kappa shape index (κ2) is 6.96. The molecule has 1 N–H and O–H groups in total. The lowest BCUT2D eigenvalue weighted by Gasteiger charge is -2.32. The van der Waals surface area contributed by atoms with Crippen molar-refractivity contribution in [3.63, 3.8) is 0 Å². The van der Waals surface area contributed by atoms with Crippen molar-refractivity contribution in [2.45, 2.75) is 16.1 Å². The summed E-state index contributed by atoms with van der Waals surface area (Å²) >= 11 is 7.07. The van der Waals surface area contributed by atoms with Crippen molar-refractivity contribution in [3.8, 4) is 0 Å². The maximum atomic E-state index is 12.5. The maximum absolute atomic E-state index is 12.5. The van der Waals surface area contributed by atoms with Crippen LogP contribution in [-0.4, -0.2) is 39.1 Å². The highest BCUT2D eigenvalue weighted by molar-refractivity contribution is 9.12. The molecule has 2 aliphatic rings. The molecule has 0 amide bonds. The first-order valence-electron chi connectivity index (χ1n) is 7.67. The summed E-state index contributed by atoms with van der Waals surface area (Å²) in [7, 11) is 0. The van der Waals surface area contributed by atoms with E-state index in [1.807, 2.05) is 0 Å². The summed E-state index contributed by atoms with van der Waals surface area (Å²) in [6.45, 7) is -0.367. The largest absolute Gasteiger partial charge is 0.481 e. The van der Waals surface area contributed by atoms with Crippen molar-refractivity contribution in [3.05, 3.63) is 35.9 Å². The lowest BCUT2D eigenvalue weighted by molar-refractivity contribution is -0.159. The third kappa shape index (κ3) is 3.04. The Morgan fingerprint density at radius 1 is 1.04 bits per heavy atom. The van der Waals surface area contributed by atoms with Gasteiger partial charge < -0.3 is 9.84 Å². The summed E-state index contributed by atoms with van der Waals surface area (Å²) in [4.78, 5) is 36.2. The van der Waals surface area contributed by atoms with Crippen LogP contribution in [0.5, 0.6) is 0 Å². The Balaban J connectivity index is 1.68. The number of carboxylic acids is 1. The molecule has 1 aromatic carbocycles. The Labute approximate surface area is 156 Å². The van der Waals surface area contributed by atoms with Gasteiger partial charge in [0.15, 0.2) is 12.4 Å². The van der Waals surface area contributed by atoms with E-state index in [1.165, 1.54) is 0 Å². The van der Waals surface area contributed by atoms with Gasteiger partial charge in [0, 0.05) is 15.2 Å². The third-order valence-electron chi connectivity index (χ3n) is 4.97. The molecule has 0 unspecified atom stereocenters. The van der Waals surface area contributed by atoms with Crippen LogP contribution in [0, 0.1) is 23.7 Å². The second-order valence-corrected chi connectivity index (χ2v) is 8.35. The first kappa shape index (κ1) is 17.6. The van der Waals surface area contributed by atoms with Crippen molar-refractivity contribution in [2.24, 2.45) is 23.7 Å². The van der Waals surface area contributed by atoms with E-state index >= 15 is 0 Å². The van der Waals surface area contributed by atoms with Crippen molar-refractivity contribution < 1.29 is 24.2 Å². The summed E-state index contributed by atoms with van der Waals surface area (Å²) in [5.41, 5.74) is 0.465. The summed E-state index contributed by atoms with van der Waals surface area (Å²) in [5.74, 6) is -3.57. The van der Waals surface area contributed by atoms with Gasteiger partial charge in [0.2, 0.25) is 0 Å². The molecule has 3 rings (SSSR count). The van der Waals surface area contributed by atoms with Crippen LogP contribution in [0.25, 0.3) is 0 Å². The Hall–Kier alpha value is -1.21. The molecule has 7 heteroatoms. The molecule has 0 spiro atoms. The molecule has 2 aliphatic carbocycles. The van der Waals surface area contributed by atoms with E-state index in [0.29, 0.717) is 12.0 Å². The predicted molar refractivity (Wildman–Crippen MR) is 93.4 cm³/mol. The monoisotopic (exact) mass is 458 g/mol. The van der Waals surface area contributed by atoms with E-state index in [4.69, 9.17) is 4.74 Å². The van der Waals surface area contributed by atoms with Gasteiger partial charge in [-0.3, -0.25) is 14.4 Å². The molecule has 0 aromatic heterocycles. The highest BCUT2D eigenvalue weighted by Gasteiger charge is 2.62. The number of carbonyl (C=O) groups excluding carboxylic acids is 2. The maximum Gasteiger partial charge on any atom is 0.310 e. The minimum absolute atomic E-state index is 0.0265. The van der Waals surface area contributed by atoms with Crippen LogP contribution in [-0.2, 0) is 14.3 Å². The number of carbonyl (C=O) groups is 3. The van der Waals surface area contributed by atoms with Crippen LogP contribution >= 0.6 is 31.9 Å². The van der Waals surface area contributed by atoms with E-state index in [1.54, 1.807) is 30.3 Å². The number of halogens is 2. The fourth-order valence-corrected chi connectivity index (χ4v) is 5.74. The van der Waals surface area contributed by atoms with Crippen LogP contribution in [0.4, 0.5) is 0 Å². The van der Waals surface area contributed by atoms with Crippen LogP contribution < -0.4 is 0 Å². The molecule has 2 fully saturated rings. The van der Waals surface area contributed by atoms with Gasteiger partial charge >= 0.3 is 11.9 Å². The van der Waals surface area contributed by atoms with Crippen molar-refractivity contribution >= 4 is 49.6 Å². The highest BCUT2D eigenvalue weighted by Crippen LogP contribution is 2.57. The zero-order valence-corrected chi connectivity index (χ0v) is 15.8. The number of fused-ring (bicyclic) bond motifs is 2. The SMILES string of the molecule is O=C(COC(=O)[C@@H]1[C@H]2C[C@@H]([C@H](Br)[C@@H]2Br)[C@H]1C(=O)O)c1ccccc1. The minimum atomic E-state index is -0.984. The molecule has 24 heavy (non-hydrogen) atoms. The summed E-state index contributed by atoms with van der Waals surface area (Å²) < 4.78 is 5.17. The Kier molecular flexibility index (Phi) is 5.11. The van der Waals surface area contributed by atoms with Gasteiger partial charge in [-0.2, -0.15) is 0 Å². The molecule has 0 aliphatic heterocycles. The number of hydrogen-bond donors (Lipinski definition) is 1. The normalized spacial score (nSPS) is 34.1. The number of alkyl halides is 2. The Morgan fingerprint density at radius 2 is 1.62 bits per heavy atom. The second-order valence-electron chi connectivity index (χ2n) is 6.24. The van der Waals surface area contributed by atoms with Crippen molar-refractivity contribution in [2.75, 3.05) is 6.61 Å². The quantitative estimate of drug-likeness (QED) is 0.416. The van der Waals surface area contributed by atoms with Crippen LogP contribution in [0.1, 0.15) is 16.8 Å². The molecular formula is C17H16Br2O5. The smallest absolute Gasteiger partial charge is 0.310 e. The number of carboxylic acid groups (broad SMARTS) is 1. The fraction of sp³-hybridized carbons (Fsp3) is 0.471. The highest BCUT2D eigenvalue weighted by atomic mass is 79.9. The standard InChI is InChI=1S/C17H16Br2O5/c18-14-9-6-10(15(14)19)13(12(9)16(21)22)17(23)24-7-11(20)8-4-2-1-3-5-8/h1-5,9-10,12-15H,6-7H2,(H,21,22)/t9-,10-,12-,13-,14+,15-/m1/s1. The van der Waals surface area contributed by atoms with Gasteiger partial charge in [-0.05, 0) is 18.3 Å². The van der Waals surface area contributed by atoms with Gasteiger partial charge in [-0.15, -0.1) is 0 Å². The van der Waals surface area contributed by atoms with E-state index in [2.05, 4.69) is 31.9 Å². The molecule has 0 saturated heterocycles. The van der Waals surface area contributed by atoms with Gasteiger partial charge in [-0.1, -0.05) is 62.2 Å². The topological polar surface area (TPSA) is 80.7 Å². The van der Waals surface area contributed by atoms with Gasteiger partial charge in [0.25, 0.3) is 0 Å². The fourth-order valence-electron chi connectivity index (χ4n) is 3.87. The first-order chi connectivity index (χ1) is 11.4. The van der Waals surface area contributed by atoms with E-state index < -0.39 is 23.8 Å². The average Bonchev–Trinajstić information content (AvgIpc) is 3.10. The van der Waals surface area contributed by atoms with E-state index in [9.17, 15) is 19.5 Å². The molecule has 2 saturated carbocycles. The average molecular weight is 460 g/mol. The molecule has 0 radical (unpaired) electrons. The number of benzene rings is 1. The van der Waals surface area contributed by atoms with Gasteiger partial charge in [0.05, 0.1) is 11.8 Å². The number of rotatable bonds is 5. The van der Waals surface area contributed by atoms with Crippen LogP contribution in [0.2, 0.25) is 0 Å². The van der Waals surface area contributed by atoms with Gasteiger partial charge in [0.1, 0.15) is 0 Å². The molecule has 2 bridgehead atoms. The zero-order chi connectivity index (χ0) is 17.4. The first-order valence-corrected chi connectivity index (χ1v) is 9.50. The number of ketones is 1. The Bertz CT molecular complexity index is 662. The number of esters is 1. The zero-order valence-electron chi connectivity index (χ0n) is 12.6. The minimum Gasteiger partial charge on any atom is -0.481 e. The molecule has 0 heterocycles. The molecule has 1 aromatic rings. The summed E-state index contributed by atoms with van der Waals surface area (Å²) in [6, 6.07) is 8.56. The van der Waals surface area contributed by atoms with Crippen molar-refractivity contribution in [1.82, 2.24) is 0 Å². The summed E-state index contributed by atoms with van der Waals surface area (Å²) in [5, 5.41) is 9.50. The Morgan fingerprint density at radius 3 is 2.21 bits per heavy atom. The summed E-state index contributed by atoms with van der Waals surface area (Å²) in [6.07, 6.45) is 0.662. The number of hydrogen-bond acceptors (Lipinski definition) is 4. The predicted octanol–water partition coefficient (Wildman–Crippen LogP) is 2.91. The molecule has 6 atom stereocenters. The van der Waals surface area contributed by atoms with Crippen molar-refractivity contribution in [1.29, 1.82) is 0 Å². The number of Topliss-reactive ketones (excluding diaryl/α,β-unsaturated/α-hetero) is 1. The van der Waals surface area contributed by atoms with E-state index in [-0.39, 0.29) is 33.9 Å². The van der Waals surface area contributed by atoms with E-state index in [0.717, 1.165) is 0 Å². The van der Waals surface area contributed by atoms with Crippen LogP contribution in [0.3, 0.4) is 0 Å².